The van der Waals surface area contributed by atoms with Gasteiger partial charge in [0.2, 0.25) is 0 Å². The van der Waals surface area contributed by atoms with Crippen molar-refractivity contribution < 1.29 is 9.13 Å². The van der Waals surface area contributed by atoms with Crippen LogP contribution in [0.2, 0.25) is 0 Å². The molecule has 0 radical (unpaired) electrons. The third-order valence-electron chi connectivity index (χ3n) is 3.28. The first-order chi connectivity index (χ1) is 11.2. The maximum absolute atomic E-state index is 13.2. The molecule has 6 nitrogen and oxygen atoms in total. The SMILES string of the molecule is CCC(CNC(=NC)NCc1ccn[nH]1)Oc1cccc(F)c1.I. The fourth-order valence-electron chi connectivity index (χ4n) is 2.00. The number of rotatable bonds is 7. The van der Waals surface area contributed by atoms with Crippen LogP contribution in [0.5, 0.6) is 5.75 Å². The third-order valence-corrected chi connectivity index (χ3v) is 3.28. The molecular formula is C16H23FIN5O. The molecule has 1 heterocycles. The normalized spacial score (nSPS) is 12.2. The minimum absolute atomic E-state index is 0. The van der Waals surface area contributed by atoms with Crippen LogP contribution in [0.4, 0.5) is 4.39 Å². The summed E-state index contributed by atoms with van der Waals surface area (Å²) in [5, 5.41) is 13.1. The molecule has 8 heteroatoms. The second-order valence-corrected chi connectivity index (χ2v) is 4.99. The number of H-pyrrole nitrogens is 1. The van der Waals surface area contributed by atoms with E-state index in [9.17, 15) is 4.39 Å². The van der Waals surface area contributed by atoms with Crippen LogP contribution < -0.4 is 15.4 Å². The molecule has 0 amide bonds. The van der Waals surface area contributed by atoms with Gasteiger partial charge in [0.25, 0.3) is 0 Å². The van der Waals surface area contributed by atoms with E-state index in [-0.39, 0.29) is 35.9 Å². The molecular weight excluding hydrogens is 424 g/mol. The van der Waals surface area contributed by atoms with Gasteiger partial charge in [-0.15, -0.1) is 24.0 Å². The van der Waals surface area contributed by atoms with Gasteiger partial charge < -0.3 is 15.4 Å². The molecule has 0 spiro atoms. The highest BCUT2D eigenvalue weighted by Gasteiger charge is 2.10. The summed E-state index contributed by atoms with van der Waals surface area (Å²) in [6.45, 7) is 3.18. The largest absolute Gasteiger partial charge is 0.489 e. The number of nitrogens with zero attached hydrogens (tertiary/aromatic N) is 2. The van der Waals surface area contributed by atoms with Crippen molar-refractivity contribution in [2.75, 3.05) is 13.6 Å². The Morgan fingerprint density at radius 2 is 2.21 bits per heavy atom. The molecule has 0 saturated heterocycles. The van der Waals surface area contributed by atoms with Crippen LogP contribution in [0.25, 0.3) is 0 Å². The Kier molecular flexibility index (Phi) is 9.13. The summed E-state index contributed by atoms with van der Waals surface area (Å²) in [6.07, 6.45) is 2.41. The van der Waals surface area contributed by atoms with Crippen LogP contribution in [-0.4, -0.2) is 35.9 Å². The molecule has 24 heavy (non-hydrogen) atoms. The highest BCUT2D eigenvalue weighted by atomic mass is 127. The summed E-state index contributed by atoms with van der Waals surface area (Å²) < 4.78 is 19.0. The van der Waals surface area contributed by atoms with Crippen LogP contribution in [0.15, 0.2) is 41.5 Å². The average Bonchev–Trinajstić information content (AvgIpc) is 3.07. The number of nitrogens with one attached hydrogen (secondary N) is 3. The van der Waals surface area contributed by atoms with Gasteiger partial charge >= 0.3 is 0 Å². The van der Waals surface area contributed by atoms with Crippen molar-refractivity contribution in [2.45, 2.75) is 26.0 Å². The lowest BCUT2D eigenvalue weighted by molar-refractivity contribution is 0.198. The quantitative estimate of drug-likeness (QED) is 0.347. The summed E-state index contributed by atoms with van der Waals surface area (Å²) in [6, 6.07) is 8.05. The average molecular weight is 447 g/mol. The van der Waals surface area contributed by atoms with Crippen LogP contribution in [0.3, 0.4) is 0 Å². The van der Waals surface area contributed by atoms with E-state index in [0.29, 0.717) is 24.8 Å². The standard InChI is InChI=1S/C16H22FN5O.HI/c1-3-14(23-15-6-4-5-12(17)9-15)11-20-16(18-2)19-10-13-7-8-21-22-13;/h4-9,14H,3,10-11H2,1-2H3,(H,21,22)(H2,18,19,20);1H. The van der Waals surface area contributed by atoms with Crippen molar-refractivity contribution in [2.24, 2.45) is 4.99 Å². The molecule has 3 N–H and O–H groups in total. The van der Waals surface area contributed by atoms with Crippen molar-refractivity contribution in [1.82, 2.24) is 20.8 Å². The molecule has 1 atom stereocenters. The van der Waals surface area contributed by atoms with Gasteiger partial charge in [-0.1, -0.05) is 13.0 Å². The van der Waals surface area contributed by atoms with Gasteiger partial charge in [0.05, 0.1) is 18.8 Å². The molecule has 0 fully saturated rings. The lowest BCUT2D eigenvalue weighted by Crippen LogP contribution is -2.42. The fourth-order valence-corrected chi connectivity index (χ4v) is 2.00. The van der Waals surface area contributed by atoms with E-state index in [1.807, 2.05) is 13.0 Å². The Balaban J connectivity index is 0.00000288. The molecule has 132 valence electrons. The van der Waals surface area contributed by atoms with E-state index in [0.717, 1.165) is 12.1 Å². The molecule has 1 unspecified atom stereocenters. The van der Waals surface area contributed by atoms with Gasteiger partial charge in [-0.25, -0.2) is 4.39 Å². The fraction of sp³-hybridized carbons (Fsp3) is 0.375. The highest BCUT2D eigenvalue weighted by molar-refractivity contribution is 14.0. The van der Waals surface area contributed by atoms with Crippen molar-refractivity contribution in [3.63, 3.8) is 0 Å². The number of aliphatic imine (C=N–C) groups is 1. The number of benzene rings is 1. The first kappa shape index (κ1) is 20.2. The Morgan fingerprint density at radius 3 is 2.83 bits per heavy atom. The van der Waals surface area contributed by atoms with Crippen LogP contribution in [0, 0.1) is 5.82 Å². The summed E-state index contributed by atoms with van der Waals surface area (Å²) in [7, 11) is 1.71. The monoisotopic (exact) mass is 447 g/mol. The number of ether oxygens (including phenoxy) is 1. The zero-order valence-corrected chi connectivity index (χ0v) is 16.1. The number of aromatic nitrogens is 2. The van der Waals surface area contributed by atoms with Crippen LogP contribution in [-0.2, 0) is 6.54 Å². The molecule has 1 aromatic heterocycles. The Bertz CT molecular complexity index is 621. The highest BCUT2D eigenvalue weighted by Crippen LogP contribution is 2.14. The van der Waals surface area contributed by atoms with Gasteiger partial charge in [-0.3, -0.25) is 10.1 Å². The van der Waals surface area contributed by atoms with E-state index in [2.05, 4.69) is 25.8 Å². The predicted molar refractivity (Wildman–Crippen MR) is 103 cm³/mol. The molecule has 2 aromatic rings. The summed E-state index contributed by atoms with van der Waals surface area (Å²) in [4.78, 5) is 4.16. The number of hydrogen-bond acceptors (Lipinski definition) is 3. The Labute approximate surface area is 158 Å². The smallest absolute Gasteiger partial charge is 0.191 e. The molecule has 2 rings (SSSR count). The maximum atomic E-state index is 13.2. The molecule has 0 aliphatic carbocycles. The second kappa shape index (κ2) is 10.8. The molecule has 0 aliphatic heterocycles. The Morgan fingerprint density at radius 1 is 1.38 bits per heavy atom. The minimum Gasteiger partial charge on any atom is -0.489 e. The topological polar surface area (TPSA) is 74.3 Å². The number of halogens is 2. The third kappa shape index (κ3) is 6.73. The van der Waals surface area contributed by atoms with Gasteiger partial charge in [-0.05, 0) is 24.6 Å². The molecule has 0 saturated carbocycles. The van der Waals surface area contributed by atoms with Crippen molar-refractivity contribution in [1.29, 1.82) is 0 Å². The van der Waals surface area contributed by atoms with Gasteiger partial charge in [0, 0.05) is 19.3 Å². The number of hydrogen-bond donors (Lipinski definition) is 3. The van der Waals surface area contributed by atoms with E-state index in [1.165, 1.54) is 12.1 Å². The first-order valence-electron chi connectivity index (χ1n) is 7.56. The zero-order valence-electron chi connectivity index (χ0n) is 13.8. The lowest BCUT2D eigenvalue weighted by atomic mass is 10.2. The van der Waals surface area contributed by atoms with E-state index in [1.54, 1.807) is 25.4 Å². The van der Waals surface area contributed by atoms with Crippen LogP contribution in [0.1, 0.15) is 19.0 Å². The first-order valence-corrected chi connectivity index (χ1v) is 7.56. The molecule has 1 aromatic carbocycles. The molecule has 0 bridgehead atoms. The minimum atomic E-state index is -0.303. The van der Waals surface area contributed by atoms with E-state index in [4.69, 9.17) is 4.74 Å². The van der Waals surface area contributed by atoms with E-state index >= 15 is 0 Å². The lowest BCUT2D eigenvalue weighted by Gasteiger charge is -2.20. The van der Waals surface area contributed by atoms with Gasteiger partial charge in [-0.2, -0.15) is 5.10 Å². The maximum Gasteiger partial charge on any atom is 0.191 e. The summed E-state index contributed by atoms with van der Waals surface area (Å²) in [5.74, 6) is 0.891. The second-order valence-electron chi connectivity index (χ2n) is 4.99. The number of guanidine groups is 1. The van der Waals surface area contributed by atoms with Gasteiger partial charge in [0.15, 0.2) is 5.96 Å². The van der Waals surface area contributed by atoms with E-state index < -0.39 is 0 Å². The summed E-state index contributed by atoms with van der Waals surface area (Å²) >= 11 is 0. The molecule has 0 aliphatic rings. The van der Waals surface area contributed by atoms with Crippen molar-refractivity contribution in [3.05, 3.63) is 48.0 Å². The predicted octanol–water partition coefficient (Wildman–Crippen LogP) is 2.69. The summed E-state index contributed by atoms with van der Waals surface area (Å²) in [5.41, 5.74) is 0.969. The van der Waals surface area contributed by atoms with Crippen molar-refractivity contribution >= 4 is 29.9 Å². The van der Waals surface area contributed by atoms with Gasteiger partial charge in [0.1, 0.15) is 17.7 Å². The van der Waals surface area contributed by atoms with Crippen LogP contribution >= 0.6 is 24.0 Å². The zero-order chi connectivity index (χ0) is 16.5. The Hall–Kier alpha value is -1.84. The number of aromatic amines is 1. The van der Waals surface area contributed by atoms with Crippen molar-refractivity contribution in [3.8, 4) is 5.75 Å².